The largest absolute Gasteiger partial charge is 0.449 e. The van der Waals surface area contributed by atoms with Crippen molar-refractivity contribution in [3.8, 4) is 0 Å². The molecule has 0 saturated carbocycles. The number of amides is 1. The van der Waals surface area contributed by atoms with E-state index in [1.807, 2.05) is 6.92 Å². The van der Waals surface area contributed by atoms with Crippen LogP contribution in [0.1, 0.15) is 6.92 Å². The number of nitrogens with two attached hydrogens (primary N) is 1. The molecule has 0 aromatic rings. The summed E-state index contributed by atoms with van der Waals surface area (Å²) in [5.74, 6) is 0.345. The third-order valence-electron chi connectivity index (χ3n) is 2.86. The second-order valence-corrected chi connectivity index (χ2v) is 4.67. The Balaban J connectivity index is 1.73. The van der Waals surface area contributed by atoms with Crippen molar-refractivity contribution >= 4 is 6.09 Å². The molecular formula is C14H26N2O5. The van der Waals surface area contributed by atoms with Gasteiger partial charge in [-0.2, -0.15) is 0 Å². The van der Waals surface area contributed by atoms with Gasteiger partial charge in [0.2, 0.25) is 0 Å². The molecule has 7 heteroatoms. The summed E-state index contributed by atoms with van der Waals surface area (Å²) >= 11 is 0. The van der Waals surface area contributed by atoms with Crippen molar-refractivity contribution in [1.82, 2.24) is 5.32 Å². The first kappa shape index (κ1) is 17.9. The zero-order valence-electron chi connectivity index (χ0n) is 12.6. The average Bonchev–Trinajstić information content (AvgIpc) is 3.18. The molecule has 0 aromatic heterocycles. The molecule has 0 radical (unpaired) electrons. The molecule has 0 fully saturated rings. The van der Waals surface area contributed by atoms with Crippen LogP contribution >= 0.6 is 0 Å². The van der Waals surface area contributed by atoms with Gasteiger partial charge in [0.05, 0.1) is 39.6 Å². The van der Waals surface area contributed by atoms with Gasteiger partial charge in [-0.3, -0.25) is 0 Å². The molecule has 1 rings (SSSR count). The van der Waals surface area contributed by atoms with E-state index in [1.165, 1.54) is 5.57 Å². The Kier molecular flexibility index (Phi) is 9.81. The molecule has 0 aromatic carbocycles. The van der Waals surface area contributed by atoms with Crippen LogP contribution in [-0.2, 0) is 18.9 Å². The molecule has 0 spiro atoms. The maximum Gasteiger partial charge on any atom is 0.407 e. The number of hydrogen-bond donors (Lipinski definition) is 2. The van der Waals surface area contributed by atoms with Gasteiger partial charge in [-0.1, -0.05) is 11.6 Å². The summed E-state index contributed by atoms with van der Waals surface area (Å²) in [6.07, 6.45) is 1.66. The fourth-order valence-electron chi connectivity index (χ4n) is 1.52. The first-order valence-electron chi connectivity index (χ1n) is 7.26. The van der Waals surface area contributed by atoms with Crippen LogP contribution in [0.25, 0.3) is 0 Å². The molecule has 7 nitrogen and oxygen atoms in total. The Morgan fingerprint density at radius 2 is 1.71 bits per heavy atom. The number of nitrogens with one attached hydrogen (secondary N) is 1. The molecule has 0 saturated heterocycles. The number of alkyl carbamates (subject to hydrolysis) is 1. The van der Waals surface area contributed by atoms with Gasteiger partial charge in [0.15, 0.2) is 0 Å². The highest BCUT2D eigenvalue weighted by molar-refractivity contribution is 5.67. The van der Waals surface area contributed by atoms with Crippen molar-refractivity contribution in [2.45, 2.75) is 6.92 Å². The first-order valence-corrected chi connectivity index (χ1v) is 7.26. The molecule has 21 heavy (non-hydrogen) atoms. The third-order valence-corrected chi connectivity index (χ3v) is 2.86. The minimum atomic E-state index is -0.403. The second kappa shape index (κ2) is 11.5. The summed E-state index contributed by atoms with van der Waals surface area (Å²) in [6.45, 7) is 6.45. The topological polar surface area (TPSA) is 92.0 Å². The highest BCUT2D eigenvalue weighted by atomic mass is 16.6. The van der Waals surface area contributed by atoms with Crippen LogP contribution in [0.3, 0.4) is 0 Å². The van der Waals surface area contributed by atoms with E-state index in [2.05, 4.69) is 11.4 Å². The summed E-state index contributed by atoms with van der Waals surface area (Å²) in [7, 11) is 0. The van der Waals surface area contributed by atoms with Crippen molar-refractivity contribution in [2.24, 2.45) is 11.7 Å². The van der Waals surface area contributed by atoms with Gasteiger partial charge in [-0.05, 0) is 6.92 Å². The van der Waals surface area contributed by atoms with Crippen molar-refractivity contribution in [1.29, 1.82) is 0 Å². The van der Waals surface area contributed by atoms with Gasteiger partial charge < -0.3 is 30.0 Å². The van der Waals surface area contributed by atoms with Crippen LogP contribution in [-0.4, -0.2) is 65.4 Å². The normalized spacial score (nSPS) is 16.5. The van der Waals surface area contributed by atoms with E-state index in [0.29, 0.717) is 65.3 Å². The fraction of sp³-hybridized carbons (Fsp3) is 0.786. The van der Waals surface area contributed by atoms with E-state index in [1.54, 1.807) is 0 Å². The van der Waals surface area contributed by atoms with Gasteiger partial charge in [0.25, 0.3) is 0 Å². The lowest BCUT2D eigenvalue weighted by Crippen LogP contribution is -2.29. The number of carbonyl (C=O) groups excluding carboxylic acids is 1. The number of ether oxygens (including phenoxy) is 4. The van der Waals surface area contributed by atoms with Crippen molar-refractivity contribution in [3.63, 3.8) is 0 Å². The van der Waals surface area contributed by atoms with Crippen LogP contribution in [0.15, 0.2) is 11.6 Å². The molecular weight excluding hydrogens is 276 g/mol. The molecule has 1 amide bonds. The predicted molar refractivity (Wildman–Crippen MR) is 78.1 cm³/mol. The van der Waals surface area contributed by atoms with E-state index >= 15 is 0 Å². The molecule has 0 bridgehead atoms. The van der Waals surface area contributed by atoms with Crippen LogP contribution in [0.2, 0.25) is 0 Å². The summed E-state index contributed by atoms with van der Waals surface area (Å²) < 4.78 is 20.8. The lowest BCUT2D eigenvalue weighted by Gasteiger charge is -2.08. The Morgan fingerprint density at radius 1 is 1.14 bits per heavy atom. The molecule has 0 heterocycles. The molecule has 1 unspecified atom stereocenters. The predicted octanol–water partition coefficient (Wildman–Crippen LogP) is 0.297. The maximum atomic E-state index is 11.3. The van der Waals surface area contributed by atoms with Gasteiger partial charge >= 0.3 is 6.09 Å². The highest BCUT2D eigenvalue weighted by Crippen LogP contribution is 2.27. The van der Waals surface area contributed by atoms with E-state index in [4.69, 9.17) is 24.7 Å². The second-order valence-electron chi connectivity index (χ2n) is 4.67. The SMILES string of the molecule is CC1=CC1COC(=O)NCCOCCOCCOCCN. The van der Waals surface area contributed by atoms with E-state index in [-0.39, 0.29) is 0 Å². The van der Waals surface area contributed by atoms with Crippen LogP contribution in [0.4, 0.5) is 4.79 Å². The zero-order valence-corrected chi connectivity index (χ0v) is 12.6. The molecule has 122 valence electrons. The Labute approximate surface area is 125 Å². The third kappa shape index (κ3) is 10.3. The van der Waals surface area contributed by atoms with Crippen LogP contribution in [0, 0.1) is 5.92 Å². The summed E-state index contributed by atoms with van der Waals surface area (Å²) in [5.41, 5.74) is 6.55. The Morgan fingerprint density at radius 3 is 2.29 bits per heavy atom. The summed E-state index contributed by atoms with van der Waals surface area (Å²) in [4.78, 5) is 11.3. The van der Waals surface area contributed by atoms with Gasteiger partial charge in [-0.15, -0.1) is 0 Å². The molecule has 1 aliphatic rings. The van der Waals surface area contributed by atoms with E-state index in [9.17, 15) is 4.79 Å². The quantitative estimate of drug-likeness (QED) is 0.375. The minimum absolute atomic E-state index is 0.345. The minimum Gasteiger partial charge on any atom is -0.449 e. The first-order chi connectivity index (χ1) is 10.2. The molecule has 3 N–H and O–H groups in total. The fourth-order valence-corrected chi connectivity index (χ4v) is 1.52. The summed E-state index contributed by atoms with van der Waals surface area (Å²) in [6, 6.07) is 0. The van der Waals surface area contributed by atoms with Crippen molar-refractivity contribution in [2.75, 3.05) is 59.3 Å². The number of carbonyl (C=O) groups is 1. The molecule has 0 aliphatic heterocycles. The highest BCUT2D eigenvalue weighted by Gasteiger charge is 2.21. The van der Waals surface area contributed by atoms with Crippen molar-refractivity contribution in [3.05, 3.63) is 11.6 Å². The average molecular weight is 302 g/mol. The van der Waals surface area contributed by atoms with E-state index < -0.39 is 6.09 Å². The maximum absolute atomic E-state index is 11.3. The number of rotatable bonds is 13. The smallest absolute Gasteiger partial charge is 0.407 e. The standard InChI is InChI=1S/C14H26N2O5/c1-12-10-13(12)11-21-14(17)16-3-5-19-7-9-20-8-6-18-4-2-15/h10,13H,2-9,11,15H2,1H3,(H,16,17). The van der Waals surface area contributed by atoms with Crippen molar-refractivity contribution < 1.29 is 23.7 Å². The van der Waals surface area contributed by atoms with Crippen LogP contribution < -0.4 is 11.1 Å². The van der Waals surface area contributed by atoms with Gasteiger partial charge in [0.1, 0.15) is 6.61 Å². The molecule has 1 atom stereocenters. The number of hydrogen-bond acceptors (Lipinski definition) is 6. The molecule has 1 aliphatic carbocycles. The van der Waals surface area contributed by atoms with E-state index in [0.717, 1.165) is 0 Å². The zero-order chi connectivity index (χ0) is 15.3. The van der Waals surface area contributed by atoms with Gasteiger partial charge in [0, 0.05) is 19.0 Å². The monoisotopic (exact) mass is 302 g/mol. The van der Waals surface area contributed by atoms with Crippen LogP contribution in [0.5, 0.6) is 0 Å². The Bertz CT molecular complexity index is 322. The lowest BCUT2D eigenvalue weighted by molar-refractivity contribution is 0.0165. The van der Waals surface area contributed by atoms with Gasteiger partial charge in [-0.25, -0.2) is 4.79 Å². The lowest BCUT2D eigenvalue weighted by atomic mass is 10.3. The Hall–Kier alpha value is -1.15. The summed E-state index contributed by atoms with van der Waals surface area (Å²) in [5, 5.41) is 2.62.